The number of nitrogens with one attached hydrogen (secondary N) is 1. The van der Waals surface area contributed by atoms with Gasteiger partial charge in [-0.2, -0.15) is 0 Å². The molecule has 0 radical (unpaired) electrons. The summed E-state index contributed by atoms with van der Waals surface area (Å²) in [5.74, 6) is 0.356. The first kappa shape index (κ1) is 17.3. The summed E-state index contributed by atoms with van der Waals surface area (Å²) in [6.07, 6.45) is 0.0759. The number of rotatable bonds is 6. The maximum Gasteiger partial charge on any atom is 0.251 e. The van der Waals surface area contributed by atoms with Crippen LogP contribution in [-0.4, -0.2) is 26.0 Å². The van der Waals surface area contributed by atoms with Crippen molar-refractivity contribution in [1.82, 2.24) is 0 Å². The molecule has 0 spiro atoms. The fourth-order valence-electron chi connectivity index (χ4n) is 2.49. The van der Waals surface area contributed by atoms with Crippen molar-refractivity contribution >= 4 is 17.5 Å². The predicted octanol–water partition coefficient (Wildman–Crippen LogP) is 2.29. The number of benzene rings is 2. The van der Waals surface area contributed by atoms with E-state index in [1.807, 2.05) is 0 Å². The highest BCUT2D eigenvalue weighted by molar-refractivity contribution is 6.04. The van der Waals surface area contributed by atoms with E-state index in [9.17, 15) is 9.59 Å². The van der Waals surface area contributed by atoms with Crippen molar-refractivity contribution < 1.29 is 19.1 Å². The molecule has 24 heavy (non-hydrogen) atoms. The van der Waals surface area contributed by atoms with Crippen molar-refractivity contribution in [2.75, 3.05) is 19.5 Å². The number of ether oxygens (including phenoxy) is 2. The van der Waals surface area contributed by atoms with Crippen LogP contribution in [0.25, 0.3) is 0 Å². The molecule has 2 aromatic rings. The smallest absolute Gasteiger partial charge is 0.251 e. The molecule has 0 saturated carbocycles. The maximum absolute atomic E-state index is 12.4. The third kappa shape index (κ3) is 3.84. The fourth-order valence-corrected chi connectivity index (χ4v) is 2.49. The number of hydrogen-bond acceptors (Lipinski definition) is 4. The van der Waals surface area contributed by atoms with Crippen molar-refractivity contribution in [3.63, 3.8) is 0 Å². The van der Waals surface area contributed by atoms with Crippen molar-refractivity contribution in [3.05, 3.63) is 53.1 Å². The Bertz CT molecular complexity index is 772. The Hall–Kier alpha value is -3.02. The SMILES string of the molecule is COc1ccc(OC)c(CC(=O)Nc2cccc(C)c2C(N)=O)c1. The standard InChI is InChI=1S/C18H20N2O4/c1-11-5-4-6-14(17(11)18(19)22)20-16(21)10-12-9-13(23-2)7-8-15(12)24-3/h4-9H,10H2,1-3H3,(H2,19,22)(H,20,21). The first-order chi connectivity index (χ1) is 11.5. The lowest BCUT2D eigenvalue weighted by Gasteiger charge is -2.13. The Morgan fingerprint density at radius 1 is 1.12 bits per heavy atom. The molecule has 0 aliphatic heterocycles. The third-order valence-electron chi connectivity index (χ3n) is 3.63. The number of carbonyl (C=O) groups excluding carboxylic acids is 2. The van der Waals surface area contributed by atoms with Gasteiger partial charge in [0, 0.05) is 5.56 Å². The minimum absolute atomic E-state index is 0.0759. The van der Waals surface area contributed by atoms with Crippen LogP contribution in [0.15, 0.2) is 36.4 Å². The summed E-state index contributed by atoms with van der Waals surface area (Å²) in [5, 5.41) is 2.73. The minimum atomic E-state index is -0.581. The van der Waals surface area contributed by atoms with E-state index >= 15 is 0 Å². The van der Waals surface area contributed by atoms with Crippen LogP contribution in [0.2, 0.25) is 0 Å². The second kappa shape index (κ2) is 7.50. The number of carbonyl (C=O) groups is 2. The van der Waals surface area contributed by atoms with Gasteiger partial charge < -0.3 is 20.5 Å². The van der Waals surface area contributed by atoms with E-state index in [4.69, 9.17) is 15.2 Å². The number of anilines is 1. The van der Waals surface area contributed by atoms with Gasteiger partial charge in [-0.25, -0.2) is 0 Å². The van der Waals surface area contributed by atoms with Crippen LogP contribution in [0.5, 0.6) is 11.5 Å². The van der Waals surface area contributed by atoms with Gasteiger partial charge >= 0.3 is 0 Å². The Morgan fingerprint density at radius 3 is 2.50 bits per heavy atom. The van der Waals surface area contributed by atoms with E-state index in [1.54, 1.807) is 50.4 Å². The normalized spacial score (nSPS) is 10.1. The molecule has 2 rings (SSSR count). The van der Waals surface area contributed by atoms with Gasteiger partial charge in [-0.05, 0) is 36.8 Å². The first-order valence-electron chi connectivity index (χ1n) is 7.36. The molecule has 3 N–H and O–H groups in total. The molecule has 0 aliphatic rings. The zero-order valence-electron chi connectivity index (χ0n) is 13.9. The molecule has 2 aromatic carbocycles. The summed E-state index contributed by atoms with van der Waals surface area (Å²) in [6, 6.07) is 10.4. The lowest BCUT2D eigenvalue weighted by molar-refractivity contribution is -0.115. The average molecular weight is 328 g/mol. The number of hydrogen-bond donors (Lipinski definition) is 2. The summed E-state index contributed by atoms with van der Waals surface area (Å²) < 4.78 is 10.4. The lowest BCUT2D eigenvalue weighted by atomic mass is 10.1. The van der Waals surface area contributed by atoms with Gasteiger partial charge in [0.1, 0.15) is 11.5 Å². The largest absolute Gasteiger partial charge is 0.497 e. The molecule has 0 atom stereocenters. The van der Waals surface area contributed by atoms with Gasteiger partial charge in [-0.1, -0.05) is 12.1 Å². The second-order valence-electron chi connectivity index (χ2n) is 5.26. The molecule has 0 heterocycles. The zero-order chi connectivity index (χ0) is 17.7. The molecule has 6 nitrogen and oxygen atoms in total. The summed E-state index contributed by atoms with van der Waals surface area (Å²) in [6.45, 7) is 1.76. The molecule has 2 amide bonds. The Labute approximate surface area is 140 Å². The Morgan fingerprint density at radius 2 is 1.88 bits per heavy atom. The van der Waals surface area contributed by atoms with Crippen LogP contribution < -0.4 is 20.5 Å². The zero-order valence-corrected chi connectivity index (χ0v) is 13.9. The van der Waals surface area contributed by atoms with Crippen LogP contribution >= 0.6 is 0 Å². The average Bonchev–Trinajstić information content (AvgIpc) is 2.54. The van der Waals surface area contributed by atoms with Crippen molar-refractivity contribution in [1.29, 1.82) is 0 Å². The molecule has 126 valence electrons. The minimum Gasteiger partial charge on any atom is -0.497 e. The topological polar surface area (TPSA) is 90.7 Å². The van der Waals surface area contributed by atoms with Crippen LogP contribution in [0.3, 0.4) is 0 Å². The molecule has 0 unspecified atom stereocenters. The molecule has 6 heteroatoms. The first-order valence-corrected chi connectivity index (χ1v) is 7.36. The van der Waals surface area contributed by atoms with E-state index in [-0.39, 0.29) is 12.3 Å². The highest BCUT2D eigenvalue weighted by Crippen LogP contribution is 2.25. The molecular formula is C18H20N2O4. The van der Waals surface area contributed by atoms with Crippen molar-refractivity contribution in [2.45, 2.75) is 13.3 Å². The molecule has 0 aromatic heterocycles. The number of nitrogens with two attached hydrogens (primary N) is 1. The van der Waals surface area contributed by atoms with E-state index in [1.165, 1.54) is 7.11 Å². The quantitative estimate of drug-likeness (QED) is 0.851. The van der Waals surface area contributed by atoms with Gasteiger partial charge in [0.2, 0.25) is 5.91 Å². The van der Waals surface area contributed by atoms with E-state index < -0.39 is 5.91 Å². The number of primary amides is 1. The predicted molar refractivity (Wildman–Crippen MR) is 91.6 cm³/mol. The van der Waals surface area contributed by atoms with E-state index in [0.717, 1.165) is 0 Å². The van der Waals surface area contributed by atoms with Crippen molar-refractivity contribution in [3.8, 4) is 11.5 Å². The van der Waals surface area contributed by atoms with Gasteiger partial charge in [-0.15, -0.1) is 0 Å². The van der Waals surface area contributed by atoms with Gasteiger partial charge in [0.15, 0.2) is 0 Å². The highest BCUT2D eigenvalue weighted by atomic mass is 16.5. The lowest BCUT2D eigenvalue weighted by Crippen LogP contribution is -2.20. The summed E-state index contributed by atoms with van der Waals surface area (Å²) in [4.78, 5) is 24.0. The molecule has 0 bridgehead atoms. The number of methoxy groups -OCH3 is 2. The van der Waals surface area contributed by atoms with E-state index in [2.05, 4.69) is 5.32 Å². The van der Waals surface area contributed by atoms with E-state index in [0.29, 0.717) is 33.9 Å². The van der Waals surface area contributed by atoms with Crippen LogP contribution in [0.1, 0.15) is 21.5 Å². The molecule has 0 fully saturated rings. The fraction of sp³-hybridized carbons (Fsp3) is 0.222. The Balaban J connectivity index is 2.23. The van der Waals surface area contributed by atoms with Gasteiger partial charge in [0.05, 0.1) is 31.9 Å². The second-order valence-corrected chi connectivity index (χ2v) is 5.26. The summed E-state index contributed by atoms with van der Waals surface area (Å²) >= 11 is 0. The van der Waals surface area contributed by atoms with Gasteiger partial charge in [0.25, 0.3) is 5.91 Å². The van der Waals surface area contributed by atoms with Crippen LogP contribution in [0, 0.1) is 6.92 Å². The molecule has 0 aliphatic carbocycles. The molecule has 0 saturated heterocycles. The Kier molecular flexibility index (Phi) is 5.42. The van der Waals surface area contributed by atoms with Crippen molar-refractivity contribution in [2.24, 2.45) is 5.73 Å². The molecular weight excluding hydrogens is 308 g/mol. The maximum atomic E-state index is 12.4. The van der Waals surface area contributed by atoms with Crippen LogP contribution in [-0.2, 0) is 11.2 Å². The number of aryl methyl sites for hydroxylation is 1. The third-order valence-corrected chi connectivity index (χ3v) is 3.63. The summed E-state index contributed by atoms with van der Waals surface area (Å²) in [7, 11) is 3.09. The monoisotopic (exact) mass is 328 g/mol. The highest BCUT2D eigenvalue weighted by Gasteiger charge is 2.15. The summed E-state index contributed by atoms with van der Waals surface area (Å²) in [5.41, 5.74) is 7.50. The van der Waals surface area contributed by atoms with Gasteiger partial charge in [-0.3, -0.25) is 9.59 Å². The van der Waals surface area contributed by atoms with Crippen LogP contribution in [0.4, 0.5) is 5.69 Å². The number of amides is 2.